The zero-order valence-electron chi connectivity index (χ0n) is 10.9. The van der Waals surface area contributed by atoms with Crippen molar-refractivity contribution in [2.24, 2.45) is 0 Å². The van der Waals surface area contributed by atoms with E-state index >= 15 is 0 Å². The van der Waals surface area contributed by atoms with Gasteiger partial charge in [-0.05, 0) is 34.6 Å². The molecule has 0 spiro atoms. The Balaban J connectivity index is 2.41. The molecule has 0 saturated heterocycles. The van der Waals surface area contributed by atoms with Crippen LogP contribution in [-0.2, 0) is 17.8 Å². The summed E-state index contributed by atoms with van der Waals surface area (Å²) in [4.78, 5) is 19.2. The largest absolute Gasteiger partial charge is 0.380 e. The van der Waals surface area contributed by atoms with Crippen molar-refractivity contribution in [2.45, 2.75) is 20.0 Å². The van der Waals surface area contributed by atoms with Gasteiger partial charge in [-0.3, -0.25) is 4.79 Å². The number of aryl methyl sites for hydroxylation is 1. The number of H-pyrrole nitrogens is 1. The van der Waals surface area contributed by atoms with E-state index in [1.165, 1.54) is 0 Å². The van der Waals surface area contributed by atoms with Gasteiger partial charge >= 0.3 is 0 Å². The average Bonchev–Trinajstić information content (AvgIpc) is 2.43. The van der Waals surface area contributed by atoms with Gasteiger partial charge in [0.05, 0.1) is 15.9 Å². The highest BCUT2D eigenvalue weighted by Crippen LogP contribution is 2.17. The molecule has 1 aromatic heterocycles. The number of hydrogen-bond acceptors (Lipinski definition) is 3. The second kappa shape index (κ2) is 6.29. The first-order chi connectivity index (χ1) is 9.15. The van der Waals surface area contributed by atoms with Gasteiger partial charge in [0.15, 0.2) is 0 Å². The molecule has 0 atom stereocenters. The average molecular weight is 370 g/mol. The third-order valence-electron chi connectivity index (χ3n) is 2.80. The molecule has 0 radical (unpaired) electrons. The van der Waals surface area contributed by atoms with E-state index in [-0.39, 0.29) is 5.56 Å². The summed E-state index contributed by atoms with van der Waals surface area (Å²) in [6, 6.07) is 7.84. The molecule has 1 aromatic carbocycles. The summed E-state index contributed by atoms with van der Waals surface area (Å²) in [6.07, 6.45) is 0.747. The Hall–Kier alpha value is -1.21. The quantitative estimate of drug-likeness (QED) is 0.843. The molecule has 4 nitrogen and oxygen atoms in total. The maximum atomic E-state index is 11.8. The van der Waals surface area contributed by atoms with Gasteiger partial charge in [0.25, 0.3) is 5.56 Å². The van der Waals surface area contributed by atoms with Crippen molar-refractivity contribution >= 4 is 22.6 Å². The van der Waals surface area contributed by atoms with Crippen LogP contribution in [0.25, 0.3) is 11.4 Å². The fraction of sp³-hybridized carbons (Fsp3) is 0.286. The van der Waals surface area contributed by atoms with Crippen LogP contribution in [0, 0.1) is 3.57 Å². The fourth-order valence-electron chi connectivity index (χ4n) is 1.80. The maximum absolute atomic E-state index is 11.8. The molecule has 1 N–H and O–H groups in total. The molecule has 0 aliphatic carbocycles. The highest BCUT2D eigenvalue weighted by molar-refractivity contribution is 14.1. The number of aromatic amines is 1. The van der Waals surface area contributed by atoms with Crippen LogP contribution in [0.15, 0.2) is 29.1 Å². The zero-order valence-corrected chi connectivity index (χ0v) is 13.0. The van der Waals surface area contributed by atoms with Gasteiger partial charge in [0.1, 0.15) is 5.82 Å². The lowest BCUT2D eigenvalue weighted by Crippen LogP contribution is -2.15. The molecule has 2 rings (SSSR count). The predicted octanol–water partition coefficient (Wildman–Crippen LogP) is 2.75. The van der Waals surface area contributed by atoms with Crippen molar-refractivity contribution in [1.29, 1.82) is 0 Å². The standard InChI is InChI=1S/C14H15IN2O2/c1-3-11-12(15)14(18)17-13(16-11)10-6-4-9(5-7-10)8-19-2/h4-7H,3,8H2,1-2H3,(H,16,17,18). The van der Waals surface area contributed by atoms with Crippen LogP contribution in [0.2, 0.25) is 0 Å². The number of nitrogens with zero attached hydrogens (tertiary/aromatic N) is 1. The lowest BCUT2D eigenvalue weighted by molar-refractivity contribution is 0.185. The maximum Gasteiger partial charge on any atom is 0.264 e. The van der Waals surface area contributed by atoms with Gasteiger partial charge in [-0.25, -0.2) is 4.98 Å². The molecule has 0 bridgehead atoms. The topological polar surface area (TPSA) is 55.0 Å². The van der Waals surface area contributed by atoms with E-state index in [1.54, 1.807) is 7.11 Å². The summed E-state index contributed by atoms with van der Waals surface area (Å²) < 4.78 is 5.74. The number of methoxy groups -OCH3 is 1. The Morgan fingerprint density at radius 1 is 1.32 bits per heavy atom. The Labute approximate surface area is 125 Å². The molecule has 2 aromatic rings. The summed E-state index contributed by atoms with van der Waals surface area (Å²) in [5, 5.41) is 0. The van der Waals surface area contributed by atoms with E-state index in [9.17, 15) is 4.79 Å². The van der Waals surface area contributed by atoms with Crippen molar-refractivity contribution < 1.29 is 4.74 Å². The van der Waals surface area contributed by atoms with Gasteiger partial charge in [-0.1, -0.05) is 31.2 Å². The van der Waals surface area contributed by atoms with Gasteiger partial charge in [0, 0.05) is 12.7 Å². The second-order valence-electron chi connectivity index (χ2n) is 4.16. The number of halogens is 1. The minimum Gasteiger partial charge on any atom is -0.380 e. The monoisotopic (exact) mass is 370 g/mol. The summed E-state index contributed by atoms with van der Waals surface area (Å²) in [5.41, 5.74) is 2.75. The Kier molecular flexibility index (Phi) is 4.71. The number of nitrogens with one attached hydrogen (secondary N) is 1. The van der Waals surface area contributed by atoms with E-state index < -0.39 is 0 Å². The lowest BCUT2D eigenvalue weighted by atomic mass is 10.1. The van der Waals surface area contributed by atoms with E-state index in [0.29, 0.717) is 16.0 Å². The molecule has 5 heteroatoms. The van der Waals surface area contributed by atoms with Crippen LogP contribution in [0.5, 0.6) is 0 Å². The van der Waals surface area contributed by atoms with Crippen LogP contribution >= 0.6 is 22.6 Å². The highest BCUT2D eigenvalue weighted by atomic mass is 127. The number of aromatic nitrogens is 2. The summed E-state index contributed by atoms with van der Waals surface area (Å²) in [5.74, 6) is 0.617. The first-order valence-electron chi connectivity index (χ1n) is 6.02. The van der Waals surface area contributed by atoms with Crippen molar-refractivity contribution in [3.63, 3.8) is 0 Å². The summed E-state index contributed by atoms with van der Waals surface area (Å²) in [6.45, 7) is 2.58. The van der Waals surface area contributed by atoms with Crippen molar-refractivity contribution in [1.82, 2.24) is 9.97 Å². The van der Waals surface area contributed by atoms with E-state index in [1.807, 2.05) is 53.8 Å². The fourth-order valence-corrected chi connectivity index (χ4v) is 2.44. The van der Waals surface area contributed by atoms with Crippen molar-refractivity contribution in [3.8, 4) is 11.4 Å². The Bertz CT molecular complexity index is 620. The van der Waals surface area contributed by atoms with E-state index in [4.69, 9.17) is 4.74 Å². The van der Waals surface area contributed by atoms with Crippen molar-refractivity contribution in [3.05, 3.63) is 49.4 Å². The first-order valence-corrected chi connectivity index (χ1v) is 7.10. The Morgan fingerprint density at radius 3 is 2.58 bits per heavy atom. The summed E-state index contributed by atoms with van der Waals surface area (Å²) >= 11 is 2.03. The first kappa shape index (κ1) is 14.2. The molecule has 0 aliphatic heterocycles. The number of ether oxygens (including phenoxy) is 1. The van der Waals surface area contributed by atoms with Gasteiger partial charge in [-0.15, -0.1) is 0 Å². The molecule has 100 valence electrons. The van der Waals surface area contributed by atoms with Crippen LogP contribution in [0.1, 0.15) is 18.2 Å². The normalized spacial score (nSPS) is 10.7. The molecule has 0 aliphatic rings. The SMILES string of the molecule is CCc1nc(-c2ccc(COC)cc2)[nH]c(=O)c1I. The molecular formula is C14H15IN2O2. The summed E-state index contributed by atoms with van der Waals surface area (Å²) in [7, 11) is 1.67. The van der Waals surface area contributed by atoms with Crippen LogP contribution in [0.3, 0.4) is 0 Å². The van der Waals surface area contributed by atoms with Gasteiger partial charge < -0.3 is 9.72 Å². The molecule has 0 unspecified atom stereocenters. The number of rotatable bonds is 4. The predicted molar refractivity (Wildman–Crippen MR) is 83.1 cm³/mol. The minimum atomic E-state index is -0.0802. The van der Waals surface area contributed by atoms with Gasteiger partial charge in [-0.2, -0.15) is 0 Å². The second-order valence-corrected chi connectivity index (χ2v) is 5.24. The third-order valence-corrected chi connectivity index (χ3v) is 3.92. The molecule has 0 fully saturated rings. The van der Waals surface area contributed by atoms with Crippen LogP contribution in [0.4, 0.5) is 0 Å². The Morgan fingerprint density at radius 2 is 2.00 bits per heavy atom. The van der Waals surface area contributed by atoms with Crippen molar-refractivity contribution in [2.75, 3.05) is 7.11 Å². The van der Waals surface area contributed by atoms with E-state index in [2.05, 4.69) is 9.97 Å². The van der Waals surface area contributed by atoms with Crippen LogP contribution < -0.4 is 5.56 Å². The van der Waals surface area contributed by atoms with Crippen LogP contribution in [-0.4, -0.2) is 17.1 Å². The number of hydrogen-bond donors (Lipinski definition) is 1. The van der Waals surface area contributed by atoms with Gasteiger partial charge in [0.2, 0.25) is 0 Å². The zero-order chi connectivity index (χ0) is 13.8. The lowest BCUT2D eigenvalue weighted by Gasteiger charge is -2.06. The molecule has 1 heterocycles. The molecule has 0 saturated carbocycles. The molecule has 0 amide bonds. The molecular weight excluding hydrogens is 355 g/mol. The highest BCUT2D eigenvalue weighted by Gasteiger charge is 2.08. The van der Waals surface area contributed by atoms with E-state index in [0.717, 1.165) is 23.2 Å². The smallest absolute Gasteiger partial charge is 0.264 e. The number of benzene rings is 1. The third kappa shape index (κ3) is 3.22. The molecule has 19 heavy (non-hydrogen) atoms. The minimum absolute atomic E-state index is 0.0802.